The average molecular weight is 285 g/mol. The van der Waals surface area contributed by atoms with Gasteiger partial charge in [-0.1, -0.05) is 0 Å². The van der Waals surface area contributed by atoms with Crippen LogP contribution in [0.5, 0.6) is 0 Å². The Bertz CT molecular complexity index is 302. The Labute approximate surface area is 121 Å². The summed E-state index contributed by atoms with van der Waals surface area (Å²) in [7, 11) is 0. The Hall–Kier alpha value is -0.200. The Morgan fingerprint density at radius 2 is 1.95 bits per heavy atom. The molecule has 0 aromatic carbocycles. The third-order valence-corrected chi connectivity index (χ3v) is 4.52. The molecule has 0 amide bonds. The highest BCUT2D eigenvalue weighted by atomic mass is 16.5. The summed E-state index contributed by atoms with van der Waals surface area (Å²) in [6.45, 7) is 6.18. The summed E-state index contributed by atoms with van der Waals surface area (Å²) in [6, 6.07) is 0. The Kier molecular flexibility index (Phi) is 4.94. The van der Waals surface area contributed by atoms with E-state index in [-0.39, 0.29) is 6.10 Å². The molecule has 0 aromatic heterocycles. The van der Waals surface area contributed by atoms with Crippen LogP contribution in [0.2, 0.25) is 0 Å². The average Bonchev–Trinajstić information content (AvgIpc) is 3.24. The van der Waals surface area contributed by atoms with Gasteiger partial charge in [-0.2, -0.15) is 0 Å². The summed E-state index contributed by atoms with van der Waals surface area (Å²) in [5.74, 6) is 0.803. The van der Waals surface area contributed by atoms with Crippen molar-refractivity contribution >= 4 is 0 Å². The fourth-order valence-corrected chi connectivity index (χ4v) is 3.00. The maximum Gasteiger partial charge on any atom is 0.0935 e. The van der Waals surface area contributed by atoms with E-state index in [0.29, 0.717) is 19.8 Å². The van der Waals surface area contributed by atoms with Crippen LogP contribution in [-0.2, 0) is 14.2 Å². The molecule has 1 atom stereocenters. The van der Waals surface area contributed by atoms with E-state index in [2.05, 4.69) is 4.90 Å². The molecule has 0 spiro atoms. The van der Waals surface area contributed by atoms with Crippen LogP contribution in [0.25, 0.3) is 0 Å². The molecule has 0 bridgehead atoms. The quantitative estimate of drug-likeness (QED) is 0.777. The third-order valence-electron chi connectivity index (χ3n) is 4.52. The van der Waals surface area contributed by atoms with Gasteiger partial charge in [-0.3, -0.25) is 4.90 Å². The second-order valence-electron chi connectivity index (χ2n) is 6.55. The smallest absolute Gasteiger partial charge is 0.0935 e. The number of β-amino-alcohol motifs (C(OH)–C–C–N with tert-alkyl or cyclic N) is 1. The third kappa shape index (κ3) is 4.40. The first-order valence-electron chi connectivity index (χ1n) is 7.95. The zero-order valence-corrected chi connectivity index (χ0v) is 12.3. The molecule has 3 fully saturated rings. The number of aliphatic hydroxyl groups is 1. The molecular weight excluding hydrogens is 258 g/mol. The number of ether oxygens (including phenoxy) is 3. The maximum absolute atomic E-state index is 10.6. The molecule has 1 aliphatic carbocycles. The van der Waals surface area contributed by atoms with E-state index in [1.807, 2.05) is 0 Å². The van der Waals surface area contributed by atoms with E-state index in [0.717, 1.165) is 51.6 Å². The van der Waals surface area contributed by atoms with Crippen molar-refractivity contribution in [1.82, 2.24) is 4.90 Å². The number of hydrogen-bond acceptors (Lipinski definition) is 5. The van der Waals surface area contributed by atoms with Gasteiger partial charge in [-0.25, -0.2) is 0 Å². The van der Waals surface area contributed by atoms with Crippen LogP contribution in [-0.4, -0.2) is 74.4 Å². The fraction of sp³-hybridized carbons (Fsp3) is 1.00. The first kappa shape index (κ1) is 14.7. The number of rotatable bonds is 6. The van der Waals surface area contributed by atoms with Crippen LogP contribution < -0.4 is 0 Å². The van der Waals surface area contributed by atoms with Crippen molar-refractivity contribution < 1.29 is 19.3 Å². The van der Waals surface area contributed by atoms with Crippen molar-refractivity contribution in [2.45, 2.75) is 37.4 Å². The van der Waals surface area contributed by atoms with Crippen molar-refractivity contribution in [3.63, 3.8) is 0 Å². The van der Waals surface area contributed by atoms with E-state index in [1.165, 1.54) is 12.8 Å². The van der Waals surface area contributed by atoms with Crippen molar-refractivity contribution in [2.75, 3.05) is 52.7 Å². The van der Waals surface area contributed by atoms with Gasteiger partial charge in [-0.05, 0) is 18.8 Å². The zero-order chi connectivity index (χ0) is 13.8. The van der Waals surface area contributed by atoms with Gasteiger partial charge in [0, 0.05) is 52.3 Å². The molecule has 2 aliphatic heterocycles. The Balaban J connectivity index is 1.39. The minimum atomic E-state index is -0.574. The van der Waals surface area contributed by atoms with Gasteiger partial charge >= 0.3 is 0 Å². The summed E-state index contributed by atoms with van der Waals surface area (Å²) >= 11 is 0. The zero-order valence-electron chi connectivity index (χ0n) is 12.3. The van der Waals surface area contributed by atoms with Gasteiger partial charge in [0.2, 0.25) is 0 Å². The highest BCUT2D eigenvalue weighted by molar-refractivity contribution is 4.86. The molecular formula is C15H27NO4. The SMILES string of the molecule is OC1(CN2CCOC(COCC3CC3)C2)CCOCC1. The molecule has 1 unspecified atom stereocenters. The van der Waals surface area contributed by atoms with Crippen LogP contribution in [0.3, 0.4) is 0 Å². The molecule has 3 rings (SSSR count). The monoisotopic (exact) mass is 285 g/mol. The highest BCUT2D eigenvalue weighted by Gasteiger charge is 2.34. The van der Waals surface area contributed by atoms with Gasteiger partial charge in [0.1, 0.15) is 0 Å². The van der Waals surface area contributed by atoms with Crippen molar-refractivity contribution in [3.05, 3.63) is 0 Å². The van der Waals surface area contributed by atoms with E-state index in [1.54, 1.807) is 0 Å². The molecule has 1 N–H and O–H groups in total. The van der Waals surface area contributed by atoms with Crippen molar-refractivity contribution in [2.24, 2.45) is 5.92 Å². The lowest BCUT2D eigenvalue weighted by molar-refractivity contribution is -0.113. The lowest BCUT2D eigenvalue weighted by atomic mass is 9.93. The summed E-state index contributed by atoms with van der Waals surface area (Å²) in [5, 5.41) is 10.6. The van der Waals surface area contributed by atoms with Gasteiger partial charge in [0.15, 0.2) is 0 Å². The number of morpholine rings is 1. The largest absolute Gasteiger partial charge is 0.388 e. The summed E-state index contributed by atoms with van der Waals surface area (Å²) < 4.78 is 16.8. The van der Waals surface area contributed by atoms with Crippen LogP contribution in [0, 0.1) is 5.92 Å². The summed E-state index contributed by atoms with van der Waals surface area (Å²) in [4.78, 5) is 2.32. The highest BCUT2D eigenvalue weighted by Crippen LogP contribution is 2.29. The van der Waals surface area contributed by atoms with Gasteiger partial charge < -0.3 is 19.3 Å². The molecule has 5 nitrogen and oxygen atoms in total. The molecule has 20 heavy (non-hydrogen) atoms. The molecule has 5 heteroatoms. The summed E-state index contributed by atoms with van der Waals surface area (Å²) in [6.07, 6.45) is 4.30. The minimum Gasteiger partial charge on any atom is -0.388 e. The standard InChI is InChI=1S/C15H27NO4/c17-15(3-6-18-7-4-15)12-16-5-8-20-14(9-16)11-19-10-13-1-2-13/h13-14,17H,1-12H2. The predicted octanol–water partition coefficient (Wildman–Crippen LogP) is 0.655. The second-order valence-corrected chi connectivity index (χ2v) is 6.55. The Morgan fingerprint density at radius 3 is 2.70 bits per heavy atom. The van der Waals surface area contributed by atoms with Gasteiger partial charge in [0.05, 0.1) is 24.9 Å². The normalized spacial score (nSPS) is 31.4. The number of nitrogens with zero attached hydrogens (tertiary/aromatic N) is 1. The fourth-order valence-electron chi connectivity index (χ4n) is 3.00. The van der Waals surface area contributed by atoms with Gasteiger partial charge in [-0.15, -0.1) is 0 Å². The van der Waals surface area contributed by atoms with E-state index < -0.39 is 5.60 Å². The van der Waals surface area contributed by atoms with Crippen LogP contribution in [0.1, 0.15) is 25.7 Å². The first-order valence-corrected chi connectivity index (χ1v) is 7.95. The van der Waals surface area contributed by atoms with Crippen molar-refractivity contribution in [3.8, 4) is 0 Å². The lowest BCUT2D eigenvalue weighted by Gasteiger charge is -2.40. The van der Waals surface area contributed by atoms with Crippen LogP contribution >= 0.6 is 0 Å². The van der Waals surface area contributed by atoms with Crippen LogP contribution in [0.4, 0.5) is 0 Å². The minimum absolute atomic E-state index is 0.158. The van der Waals surface area contributed by atoms with Gasteiger partial charge in [0.25, 0.3) is 0 Å². The first-order chi connectivity index (χ1) is 9.73. The molecule has 2 heterocycles. The molecule has 3 aliphatic rings. The number of hydrogen-bond donors (Lipinski definition) is 1. The summed E-state index contributed by atoms with van der Waals surface area (Å²) in [5.41, 5.74) is -0.574. The predicted molar refractivity (Wildman–Crippen MR) is 74.7 cm³/mol. The van der Waals surface area contributed by atoms with E-state index >= 15 is 0 Å². The molecule has 0 aromatic rings. The molecule has 116 valence electrons. The van der Waals surface area contributed by atoms with E-state index in [9.17, 15) is 5.11 Å². The Morgan fingerprint density at radius 1 is 1.15 bits per heavy atom. The maximum atomic E-state index is 10.6. The van der Waals surface area contributed by atoms with Crippen LogP contribution in [0.15, 0.2) is 0 Å². The molecule has 2 saturated heterocycles. The molecule has 0 radical (unpaired) electrons. The molecule has 1 saturated carbocycles. The second kappa shape index (κ2) is 6.71. The lowest BCUT2D eigenvalue weighted by Crippen LogP contribution is -2.52. The van der Waals surface area contributed by atoms with Crippen molar-refractivity contribution in [1.29, 1.82) is 0 Å². The van der Waals surface area contributed by atoms with E-state index in [4.69, 9.17) is 14.2 Å². The topological polar surface area (TPSA) is 51.2 Å².